The van der Waals surface area contributed by atoms with Crippen molar-refractivity contribution < 1.29 is 8.42 Å². The van der Waals surface area contributed by atoms with E-state index in [-0.39, 0.29) is 0 Å². The van der Waals surface area contributed by atoms with Crippen LogP contribution in [0.15, 0.2) is 52.1 Å². The Bertz CT molecular complexity index is 1120. The van der Waals surface area contributed by atoms with Gasteiger partial charge in [0.25, 0.3) is 0 Å². The van der Waals surface area contributed by atoms with Crippen LogP contribution in [0.25, 0.3) is 5.82 Å². The number of rotatable bonds is 4. The monoisotopic (exact) mass is 476 g/mol. The summed E-state index contributed by atoms with van der Waals surface area (Å²) in [5, 5.41) is 4.47. The predicted octanol–water partition coefficient (Wildman–Crippen LogP) is 2.55. The van der Waals surface area contributed by atoms with Gasteiger partial charge < -0.3 is 4.90 Å². The molecule has 3 aromatic rings. The average Bonchev–Trinajstić information content (AvgIpc) is 3.06. The first-order valence-electron chi connectivity index (χ1n) is 9.21. The molecular weight excluding hydrogens is 456 g/mol. The Labute approximate surface area is 178 Å². The molecule has 1 saturated heterocycles. The Morgan fingerprint density at radius 1 is 0.931 bits per heavy atom. The summed E-state index contributed by atoms with van der Waals surface area (Å²) < 4.78 is 29.9. The number of benzene rings is 1. The normalized spacial score (nSPS) is 15.6. The number of anilines is 1. The molecule has 0 N–H and O–H groups in total. The topological polar surface area (TPSA) is 84.2 Å². The number of halogens is 1. The summed E-state index contributed by atoms with van der Waals surface area (Å²) in [7, 11) is -3.50. The lowest BCUT2D eigenvalue weighted by atomic mass is 10.3. The highest BCUT2D eigenvalue weighted by Gasteiger charge is 2.29. The van der Waals surface area contributed by atoms with Crippen molar-refractivity contribution in [3.8, 4) is 5.82 Å². The van der Waals surface area contributed by atoms with Crippen LogP contribution in [0.4, 0.5) is 5.82 Å². The third-order valence-electron chi connectivity index (χ3n) is 4.88. The van der Waals surface area contributed by atoms with E-state index in [2.05, 4.69) is 35.9 Å². The third kappa shape index (κ3) is 4.05. The molecule has 2 aromatic heterocycles. The second-order valence-electron chi connectivity index (χ2n) is 6.92. The Morgan fingerprint density at radius 2 is 1.59 bits per heavy atom. The van der Waals surface area contributed by atoms with Gasteiger partial charge in [0.1, 0.15) is 12.1 Å². The Hall–Kier alpha value is -2.30. The van der Waals surface area contributed by atoms with E-state index in [0.717, 1.165) is 21.7 Å². The molecule has 1 fully saturated rings. The van der Waals surface area contributed by atoms with E-state index in [1.54, 1.807) is 28.9 Å². The third-order valence-corrected chi connectivity index (χ3v) is 7.32. The molecule has 3 heterocycles. The van der Waals surface area contributed by atoms with Crippen molar-refractivity contribution in [1.82, 2.24) is 24.1 Å². The average molecular weight is 477 g/mol. The van der Waals surface area contributed by atoms with Crippen LogP contribution in [-0.4, -0.2) is 58.7 Å². The lowest BCUT2D eigenvalue weighted by Gasteiger charge is -2.34. The van der Waals surface area contributed by atoms with Gasteiger partial charge in [0.05, 0.1) is 10.6 Å². The number of aromatic nitrogens is 4. The molecule has 0 aliphatic carbocycles. The van der Waals surface area contributed by atoms with Crippen LogP contribution in [0.1, 0.15) is 11.4 Å². The largest absolute Gasteiger partial charge is 0.354 e. The van der Waals surface area contributed by atoms with Crippen LogP contribution in [0.3, 0.4) is 0 Å². The SMILES string of the molecule is Cc1cc(C)n(-c2cc(N3CCN(S(=O)(=O)c4ccc(Br)cc4)CC3)ncn2)n1. The molecule has 1 aromatic carbocycles. The number of aryl methyl sites for hydroxylation is 2. The predicted molar refractivity (Wildman–Crippen MR) is 114 cm³/mol. The number of hydrogen-bond acceptors (Lipinski definition) is 6. The van der Waals surface area contributed by atoms with Gasteiger partial charge in [-0.3, -0.25) is 0 Å². The van der Waals surface area contributed by atoms with Gasteiger partial charge in [-0.2, -0.15) is 9.40 Å². The molecular formula is C19H21BrN6O2S. The van der Waals surface area contributed by atoms with Crippen molar-refractivity contribution in [3.63, 3.8) is 0 Å². The van der Waals surface area contributed by atoms with Crippen LogP contribution in [0.5, 0.6) is 0 Å². The molecule has 4 rings (SSSR count). The van der Waals surface area contributed by atoms with E-state index in [9.17, 15) is 8.42 Å². The molecule has 0 radical (unpaired) electrons. The minimum absolute atomic E-state index is 0.308. The fourth-order valence-electron chi connectivity index (χ4n) is 3.40. The van der Waals surface area contributed by atoms with Crippen molar-refractivity contribution in [2.24, 2.45) is 0 Å². The van der Waals surface area contributed by atoms with Gasteiger partial charge in [-0.25, -0.2) is 23.1 Å². The number of nitrogens with zero attached hydrogens (tertiary/aromatic N) is 6. The van der Waals surface area contributed by atoms with E-state index in [1.807, 2.05) is 26.0 Å². The molecule has 8 nitrogen and oxygen atoms in total. The zero-order chi connectivity index (χ0) is 20.6. The molecule has 0 atom stereocenters. The van der Waals surface area contributed by atoms with E-state index in [4.69, 9.17) is 0 Å². The van der Waals surface area contributed by atoms with Gasteiger partial charge in [-0.15, -0.1) is 0 Å². The van der Waals surface area contributed by atoms with Gasteiger partial charge in [-0.1, -0.05) is 15.9 Å². The van der Waals surface area contributed by atoms with Gasteiger partial charge in [0, 0.05) is 42.4 Å². The van der Waals surface area contributed by atoms with E-state index < -0.39 is 10.0 Å². The summed E-state index contributed by atoms with van der Waals surface area (Å²) in [6, 6.07) is 10.6. The second-order valence-corrected chi connectivity index (χ2v) is 9.77. The number of piperazine rings is 1. The Kier molecular flexibility index (Phi) is 5.41. The minimum atomic E-state index is -3.50. The first kappa shape index (κ1) is 20.0. The molecule has 0 bridgehead atoms. The summed E-state index contributed by atoms with van der Waals surface area (Å²) >= 11 is 3.34. The van der Waals surface area contributed by atoms with Gasteiger partial charge in [-0.05, 0) is 44.2 Å². The van der Waals surface area contributed by atoms with Crippen molar-refractivity contribution in [3.05, 3.63) is 58.6 Å². The first-order valence-corrected chi connectivity index (χ1v) is 11.4. The van der Waals surface area contributed by atoms with Crippen molar-refractivity contribution in [2.45, 2.75) is 18.7 Å². The highest BCUT2D eigenvalue weighted by atomic mass is 79.9. The molecule has 29 heavy (non-hydrogen) atoms. The van der Waals surface area contributed by atoms with Crippen molar-refractivity contribution >= 4 is 31.8 Å². The highest BCUT2D eigenvalue weighted by molar-refractivity contribution is 9.10. The maximum atomic E-state index is 12.9. The molecule has 1 aliphatic heterocycles. The number of sulfonamides is 1. The minimum Gasteiger partial charge on any atom is -0.354 e. The van der Waals surface area contributed by atoms with Crippen LogP contribution in [0, 0.1) is 13.8 Å². The molecule has 0 spiro atoms. The van der Waals surface area contributed by atoms with Crippen LogP contribution < -0.4 is 4.90 Å². The number of hydrogen-bond donors (Lipinski definition) is 0. The molecule has 1 aliphatic rings. The fraction of sp³-hybridized carbons (Fsp3) is 0.316. The molecule has 152 valence electrons. The van der Waals surface area contributed by atoms with Gasteiger partial charge in [0.2, 0.25) is 10.0 Å². The smallest absolute Gasteiger partial charge is 0.243 e. The quantitative estimate of drug-likeness (QED) is 0.575. The fourth-order valence-corrected chi connectivity index (χ4v) is 5.09. The van der Waals surface area contributed by atoms with Gasteiger partial charge in [0.15, 0.2) is 5.82 Å². The lowest BCUT2D eigenvalue weighted by Crippen LogP contribution is -2.48. The lowest BCUT2D eigenvalue weighted by molar-refractivity contribution is 0.383. The maximum absolute atomic E-state index is 12.9. The maximum Gasteiger partial charge on any atom is 0.243 e. The summed E-state index contributed by atoms with van der Waals surface area (Å²) in [4.78, 5) is 11.1. The van der Waals surface area contributed by atoms with E-state index >= 15 is 0 Å². The molecule has 10 heteroatoms. The Morgan fingerprint density at radius 3 is 2.21 bits per heavy atom. The molecule has 0 saturated carbocycles. The van der Waals surface area contributed by atoms with E-state index in [0.29, 0.717) is 36.9 Å². The van der Waals surface area contributed by atoms with Crippen LogP contribution >= 0.6 is 15.9 Å². The van der Waals surface area contributed by atoms with Gasteiger partial charge >= 0.3 is 0 Å². The summed E-state index contributed by atoms with van der Waals surface area (Å²) in [6.45, 7) is 5.84. The molecule has 0 unspecified atom stereocenters. The zero-order valence-electron chi connectivity index (χ0n) is 16.2. The highest BCUT2D eigenvalue weighted by Crippen LogP contribution is 2.22. The van der Waals surface area contributed by atoms with Crippen LogP contribution in [0.2, 0.25) is 0 Å². The zero-order valence-corrected chi connectivity index (χ0v) is 18.6. The van der Waals surface area contributed by atoms with Crippen molar-refractivity contribution in [2.75, 3.05) is 31.1 Å². The van der Waals surface area contributed by atoms with E-state index in [1.165, 1.54) is 10.6 Å². The summed E-state index contributed by atoms with van der Waals surface area (Å²) in [6.07, 6.45) is 1.52. The standard InChI is InChI=1S/C19H21BrN6O2S/c1-14-11-15(2)26(23-14)19-12-18(21-13-22-19)24-7-9-25(10-8-24)29(27,28)17-5-3-16(20)4-6-17/h3-6,11-13H,7-10H2,1-2H3. The first-order chi connectivity index (χ1) is 13.8. The summed E-state index contributed by atoms with van der Waals surface area (Å²) in [5.74, 6) is 1.47. The van der Waals surface area contributed by atoms with Crippen LogP contribution in [-0.2, 0) is 10.0 Å². The second kappa shape index (κ2) is 7.85. The van der Waals surface area contributed by atoms with Crippen molar-refractivity contribution in [1.29, 1.82) is 0 Å². The summed E-state index contributed by atoms with van der Waals surface area (Å²) in [5.41, 5.74) is 1.92. The Balaban J connectivity index is 1.49. The molecule has 0 amide bonds.